The lowest BCUT2D eigenvalue weighted by Gasteiger charge is -2.32. The first-order valence-electron chi connectivity index (χ1n) is 11.0. The number of carboxylic acid groups (broad SMARTS) is 1. The monoisotopic (exact) mass is 514 g/mol. The summed E-state index contributed by atoms with van der Waals surface area (Å²) in [5.74, 6) is 0.228. The molecule has 0 bridgehead atoms. The quantitative estimate of drug-likeness (QED) is 0.363. The summed E-state index contributed by atoms with van der Waals surface area (Å²) in [6, 6.07) is 9.14. The highest BCUT2D eigenvalue weighted by atomic mass is 35.5. The predicted molar refractivity (Wildman–Crippen MR) is 125 cm³/mol. The summed E-state index contributed by atoms with van der Waals surface area (Å²) in [7, 11) is 0. The minimum atomic E-state index is -4.54. The number of carbonyl (C=O) groups is 1. The van der Waals surface area contributed by atoms with Crippen LogP contribution in [0.25, 0.3) is 5.57 Å². The molecule has 0 aliphatic carbocycles. The molecule has 1 aliphatic heterocycles. The first-order valence-corrected chi connectivity index (χ1v) is 11.4. The van der Waals surface area contributed by atoms with Crippen molar-refractivity contribution >= 4 is 23.1 Å². The Bertz CT molecular complexity index is 1080. The molecule has 2 aromatic rings. The molecule has 0 amide bonds. The number of carboxylic acids is 1. The van der Waals surface area contributed by atoms with E-state index in [0.29, 0.717) is 30.9 Å². The van der Waals surface area contributed by atoms with E-state index in [0.717, 1.165) is 6.08 Å². The molecular weight excluding hydrogens is 489 g/mol. The van der Waals surface area contributed by atoms with Gasteiger partial charge in [-0.3, -0.25) is 0 Å². The van der Waals surface area contributed by atoms with Gasteiger partial charge >= 0.3 is 12.1 Å². The van der Waals surface area contributed by atoms with Gasteiger partial charge in [-0.2, -0.15) is 13.2 Å². The molecular formula is C25H26ClF3O6. The number of alkyl halides is 3. The molecule has 0 saturated heterocycles. The molecule has 0 unspecified atom stereocenters. The van der Waals surface area contributed by atoms with E-state index in [1.807, 2.05) is 0 Å². The molecule has 190 valence electrons. The van der Waals surface area contributed by atoms with Gasteiger partial charge in [-0.1, -0.05) is 18.5 Å². The van der Waals surface area contributed by atoms with Gasteiger partial charge in [0.05, 0.1) is 23.8 Å². The molecule has 0 spiro atoms. The molecule has 10 heteroatoms. The maximum atomic E-state index is 13.5. The molecule has 1 heterocycles. The number of ether oxygens (including phenoxy) is 4. The topological polar surface area (TPSA) is 74.2 Å². The second kappa shape index (κ2) is 10.7. The molecule has 1 aliphatic rings. The fourth-order valence-electron chi connectivity index (χ4n) is 3.43. The average molecular weight is 515 g/mol. The Morgan fingerprint density at radius 3 is 2.34 bits per heavy atom. The van der Waals surface area contributed by atoms with Crippen LogP contribution in [0.4, 0.5) is 13.2 Å². The SMILES string of the molecule is CC[C@H](Oc1ccc(OCCCOc2cc3c(cc2Cl)C(C(F)(F)F)=CC(C)(C)O3)cc1)C(=O)O. The Morgan fingerprint density at radius 1 is 1.11 bits per heavy atom. The van der Waals surface area contributed by atoms with E-state index in [2.05, 4.69) is 0 Å². The Kier molecular flexibility index (Phi) is 8.10. The molecule has 2 aromatic carbocycles. The van der Waals surface area contributed by atoms with Crippen molar-refractivity contribution < 1.29 is 42.0 Å². The molecule has 3 rings (SSSR count). The van der Waals surface area contributed by atoms with E-state index in [1.54, 1.807) is 45.0 Å². The number of hydrogen-bond acceptors (Lipinski definition) is 5. The van der Waals surface area contributed by atoms with Crippen LogP contribution in [-0.4, -0.2) is 42.2 Å². The number of fused-ring (bicyclic) bond motifs is 1. The largest absolute Gasteiger partial charge is 0.493 e. The third-order valence-corrected chi connectivity index (χ3v) is 5.35. The lowest BCUT2D eigenvalue weighted by atomic mass is 9.94. The average Bonchev–Trinajstić information content (AvgIpc) is 2.77. The predicted octanol–water partition coefficient (Wildman–Crippen LogP) is 6.55. The van der Waals surface area contributed by atoms with E-state index >= 15 is 0 Å². The van der Waals surface area contributed by atoms with Crippen molar-refractivity contribution in [2.75, 3.05) is 13.2 Å². The summed E-state index contributed by atoms with van der Waals surface area (Å²) in [6.07, 6.45) is -3.61. The highest BCUT2D eigenvalue weighted by Crippen LogP contribution is 2.47. The Hall–Kier alpha value is -3.07. The molecule has 0 aromatic heterocycles. The Labute approximate surface area is 206 Å². The van der Waals surface area contributed by atoms with E-state index in [-0.39, 0.29) is 28.7 Å². The summed E-state index contributed by atoms with van der Waals surface area (Å²) in [5, 5.41) is 9.10. The number of rotatable bonds is 10. The van der Waals surface area contributed by atoms with Gasteiger partial charge in [0, 0.05) is 18.1 Å². The van der Waals surface area contributed by atoms with E-state index in [4.69, 9.17) is 35.7 Å². The van der Waals surface area contributed by atoms with Crippen LogP contribution in [0.1, 0.15) is 39.2 Å². The van der Waals surface area contributed by atoms with Gasteiger partial charge in [-0.25, -0.2) is 4.79 Å². The second-order valence-corrected chi connectivity index (χ2v) is 8.82. The van der Waals surface area contributed by atoms with Crippen LogP contribution in [0, 0.1) is 0 Å². The van der Waals surface area contributed by atoms with Crippen molar-refractivity contribution in [2.24, 2.45) is 0 Å². The molecule has 0 radical (unpaired) electrons. The van der Waals surface area contributed by atoms with E-state index in [9.17, 15) is 18.0 Å². The molecule has 35 heavy (non-hydrogen) atoms. The fraction of sp³-hybridized carbons (Fsp3) is 0.400. The fourth-order valence-corrected chi connectivity index (χ4v) is 3.65. The maximum absolute atomic E-state index is 13.5. The van der Waals surface area contributed by atoms with Crippen molar-refractivity contribution in [3.63, 3.8) is 0 Å². The van der Waals surface area contributed by atoms with Crippen LogP contribution in [0.2, 0.25) is 5.02 Å². The normalized spacial score (nSPS) is 15.3. The second-order valence-electron chi connectivity index (χ2n) is 8.41. The minimum Gasteiger partial charge on any atom is -0.493 e. The number of halogens is 4. The smallest absolute Gasteiger partial charge is 0.416 e. The van der Waals surface area contributed by atoms with Crippen LogP contribution < -0.4 is 18.9 Å². The third-order valence-electron chi connectivity index (χ3n) is 5.06. The first-order chi connectivity index (χ1) is 16.4. The zero-order valence-corrected chi connectivity index (χ0v) is 20.2. The summed E-state index contributed by atoms with van der Waals surface area (Å²) < 4.78 is 62.9. The molecule has 1 atom stereocenters. The highest BCUT2D eigenvalue weighted by Gasteiger charge is 2.41. The lowest BCUT2D eigenvalue weighted by Crippen LogP contribution is -2.31. The first kappa shape index (κ1) is 26.5. The highest BCUT2D eigenvalue weighted by molar-refractivity contribution is 6.32. The van der Waals surface area contributed by atoms with Crippen LogP contribution in [-0.2, 0) is 4.79 Å². The summed E-state index contributed by atoms with van der Waals surface area (Å²) >= 11 is 6.18. The van der Waals surface area contributed by atoms with Gasteiger partial charge in [-0.05, 0) is 56.7 Å². The molecule has 6 nitrogen and oxygen atoms in total. The van der Waals surface area contributed by atoms with E-state index in [1.165, 1.54) is 12.1 Å². The van der Waals surface area contributed by atoms with Gasteiger partial charge in [-0.15, -0.1) is 0 Å². The van der Waals surface area contributed by atoms with Crippen LogP contribution in [0.3, 0.4) is 0 Å². The van der Waals surface area contributed by atoms with Crippen molar-refractivity contribution in [1.29, 1.82) is 0 Å². The minimum absolute atomic E-state index is 0.0467. The number of hydrogen-bond donors (Lipinski definition) is 1. The third kappa shape index (κ3) is 6.97. The van der Waals surface area contributed by atoms with Gasteiger partial charge in [0.2, 0.25) is 0 Å². The Morgan fingerprint density at radius 2 is 1.74 bits per heavy atom. The van der Waals surface area contributed by atoms with Gasteiger partial charge in [0.15, 0.2) is 6.10 Å². The maximum Gasteiger partial charge on any atom is 0.416 e. The van der Waals surface area contributed by atoms with Gasteiger partial charge in [0.1, 0.15) is 28.6 Å². The van der Waals surface area contributed by atoms with Crippen LogP contribution in [0.15, 0.2) is 42.5 Å². The van der Waals surface area contributed by atoms with Crippen LogP contribution >= 0.6 is 11.6 Å². The van der Waals surface area contributed by atoms with Crippen molar-refractivity contribution in [3.05, 3.63) is 53.1 Å². The summed E-state index contributed by atoms with van der Waals surface area (Å²) in [6.45, 7) is 5.32. The summed E-state index contributed by atoms with van der Waals surface area (Å²) in [5.41, 5.74) is -2.06. The van der Waals surface area contributed by atoms with E-state index < -0.39 is 29.4 Å². The lowest BCUT2D eigenvalue weighted by molar-refractivity contribution is -0.145. The number of aliphatic carboxylic acids is 1. The van der Waals surface area contributed by atoms with Crippen molar-refractivity contribution in [2.45, 2.75) is 51.5 Å². The molecule has 0 saturated carbocycles. The zero-order valence-electron chi connectivity index (χ0n) is 19.4. The van der Waals surface area contributed by atoms with Crippen molar-refractivity contribution in [1.82, 2.24) is 0 Å². The number of benzene rings is 2. The standard InChI is InChI=1S/C25H26ClF3O6/c1-4-20(23(30)31)34-16-8-6-15(7-9-16)32-10-5-11-33-22-13-21-17(12-19(22)26)18(25(27,28)29)14-24(2,3)35-21/h6-9,12-14,20H,4-5,10-11H2,1-3H3,(H,30,31)/t20-/m0/s1. The van der Waals surface area contributed by atoms with Crippen LogP contribution in [0.5, 0.6) is 23.0 Å². The van der Waals surface area contributed by atoms with Gasteiger partial charge < -0.3 is 24.1 Å². The van der Waals surface area contributed by atoms with Crippen molar-refractivity contribution in [3.8, 4) is 23.0 Å². The molecule has 1 N–H and O–H groups in total. The Balaban J connectivity index is 1.54. The van der Waals surface area contributed by atoms with Gasteiger partial charge in [0.25, 0.3) is 0 Å². The summed E-state index contributed by atoms with van der Waals surface area (Å²) in [4.78, 5) is 11.1. The zero-order chi connectivity index (χ0) is 25.8. The molecule has 0 fully saturated rings. The number of allylic oxidation sites excluding steroid dienone is 1.